The number of nitrogens with one attached hydrogen (secondary N) is 1. The molecule has 72 valence electrons. The highest BCUT2D eigenvalue weighted by Gasteiger charge is 2.48. The molecule has 0 aromatic rings. The Bertz CT molecular complexity index is 213. The molecule has 3 fully saturated rings. The van der Waals surface area contributed by atoms with E-state index in [4.69, 9.17) is 0 Å². The first-order valence-electron chi connectivity index (χ1n) is 4.92. The first kappa shape index (κ1) is 8.73. The Morgan fingerprint density at radius 2 is 1.46 bits per heavy atom. The van der Waals surface area contributed by atoms with Gasteiger partial charge in [0.2, 0.25) is 6.41 Å². The van der Waals surface area contributed by atoms with Gasteiger partial charge in [0.05, 0.1) is 0 Å². The first-order chi connectivity index (χ1) is 6.24. The van der Waals surface area contributed by atoms with Gasteiger partial charge in [0, 0.05) is 11.0 Å². The highest BCUT2D eigenvalue weighted by molar-refractivity contribution is 5.61. The van der Waals surface area contributed by atoms with Crippen molar-refractivity contribution in [2.75, 3.05) is 0 Å². The van der Waals surface area contributed by atoms with Crippen molar-refractivity contribution in [1.29, 1.82) is 0 Å². The van der Waals surface area contributed by atoms with Crippen LogP contribution in [0.15, 0.2) is 0 Å². The van der Waals surface area contributed by atoms with Gasteiger partial charge in [-0.2, -0.15) is 0 Å². The molecular weight excluding hydrogens is 166 g/mol. The van der Waals surface area contributed by atoms with Gasteiger partial charge in [-0.05, 0) is 38.5 Å². The lowest BCUT2D eigenvalue weighted by Gasteiger charge is -2.50. The lowest BCUT2D eigenvalue weighted by Crippen LogP contribution is -2.54. The fourth-order valence-electron chi connectivity index (χ4n) is 2.73. The predicted molar refractivity (Wildman–Crippen MR) is 48.1 cm³/mol. The van der Waals surface area contributed by atoms with Gasteiger partial charge in [0.1, 0.15) is 6.29 Å². The van der Waals surface area contributed by atoms with Crippen LogP contribution in [0.2, 0.25) is 0 Å². The number of carbonyl (C=O) groups is 2. The summed E-state index contributed by atoms with van der Waals surface area (Å²) in [6.45, 7) is 0. The van der Waals surface area contributed by atoms with Crippen molar-refractivity contribution >= 4 is 12.7 Å². The Hall–Kier alpha value is -0.860. The summed E-state index contributed by atoms with van der Waals surface area (Å²) in [5.41, 5.74) is -0.00117. The monoisotopic (exact) mass is 181 g/mol. The number of aldehydes is 1. The second-order valence-corrected chi connectivity index (χ2v) is 4.52. The van der Waals surface area contributed by atoms with Crippen LogP contribution in [-0.2, 0) is 9.59 Å². The van der Waals surface area contributed by atoms with E-state index >= 15 is 0 Å². The third-order valence-corrected chi connectivity index (χ3v) is 3.92. The molecule has 0 spiro atoms. The Kier molecular flexibility index (Phi) is 1.90. The maximum absolute atomic E-state index is 10.9. The molecule has 3 heteroatoms. The normalized spacial score (nSPS) is 42.8. The van der Waals surface area contributed by atoms with E-state index in [1.54, 1.807) is 0 Å². The molecule has 0 unspecified atom stereocenters. The van der Waals surface area contributed by atoms with Crippen LogP contribution in [0.5, 0.6) is 0 Å². The van der Waals surface area contributed by atoms with Crippen LogP contribution in [0.1, 0.15) is 38.5 Å². The molecule has 1 amide bonds. The van der Waals surface area contributed by atoms with Gasteiger partial charge in [0.15, 0.2) is 0 Å². The minimum atomic E-state index is -0.0354. The van der Waals surface area contributed by atoms with E-state index in [-0.39, 0.29) is 11.0 Å². The minimum absolute atomic E-state index is 0.0342. The van der Waals surface area contributed by atoms with E-state index in [9.17, 15) is 9.59 Å². The molecule has 0 atom stereocenters. The van der Waals surface area contributed by atoms with Crippen molar-refractivity contribution in [3.63, 3.8) is 0 Å². The summed E-state index contributed by atoms with van der Waals surface area (Å²) >= 11 is 0. The Morgan fingerprint density at radius 1 is 0.923 bits per heavy atom. The topological polar surface area (TPSA) is 46.2 Å². The number of hydrogen-bond acceptors (Lipinski definition) is 2. The fourth-order valence-corrected chi connectivity index (χ4v) is 2.73. The largest absolute Gasteiger partial charge is 0.353 e. The molecule has 0 aromatic heterocycles. The van der Waals surface area contributed by atoms with Crippen molar-refractivity contribution < 1.29 is 9.59 Å². The van der Waals surface area contributed by atoms with Gasteiger partial charge in [-0.25, -0.2) is 0 Å². The van der Waals surface area contributed by atoms with Gasteiger partial charge < -0.3 is 10.1 Å². The van der Waals surface area contributed by atoms with Crippen molar-refractivity contribution in [2.45, 2.75) is 44.1 Å². The van der Waals surface area contributed by atoms with Crippen LogP contribution in [0.3, 0.4) is 0 Å². The molecule has 3 aliphatic rings. The van der Waals surface area contributed by atoms with Gasteiger partial charge in [-0.1, -0.05) is 0 Å². The first-order valence-corrected chi connectivity index (χ1v) is 4.92. The molecule has 3 nitrogen and oxygen atoms in total. The Labute approximate surface area is 77.9 Å². The lowest BCUT2D eigenvalue weighted by atomic mass is 9.58. The zero-order valence-corrected chi connectivity index (χ0v) is 7.71. The van der Waals surface area contributed by atoms with E-state index in [0.717, 1.165) is 51.2 Å². The molecule has 0 radical (unpaired) electrons. The summed E-state index contributed by atoms with van der Waals surface area (Å²) in [4.78, 5) is 21.3. The quantitative estimate of drug-likeness (QED) is 0.661. The average molecular weight is 181 g/mol. The highest BCUT2D eigenvalue weighted by atomic mass is 16.1. The summed E-state index contributed by atoms with van der Waals surface area (Å²) in [6.07, 6.45) is 7.74. The van der Waals surface area contributed by atoms with E-state index in [1.807, 2.05) is 0 Å². The lowest BCUT2D eigenvalue weighted by molar-refractivity contribution is -0.124. The number of amides is 1. The number of fused-ring (bicyclic) bond motifs is 3. The number of rotatable bonds is 3. The van der Waals surface area contributed by atoms with Crippen molar-refractivity contribution in [3.8, 4) is 0 Å². The van der Waals surface area contributed by atoms with Crippen LogP contribution in [0, 0.1) is 5.41 Å². The zero-order chi connectivity index (χ0) is 9.36. The fraction of sp³-hybridized carbons (Fsp3) is 0.800. The van der Waals surface area contributed by atoms with Crippen molar-refractivity contribution in [3.05, 3.63) is 0 Å². The molecule has 3 rings (SSSR count). The smallest absolute Gasteiger partial charge is 0.207 e. The maximum Gasteiger partial charge on any atom is 0.207 e. The van der Waals surface area contributed by atoms with E-state index < -0.39 is 0 Å². The Morgan fingerprint density at radius 3 is 1.85 bits per heavy atom. The second kappa shape index (κ2) is 2.82. The van der Waals surface area contributed by atoms with Crippen LogP contribution in [0.25, 0.3) is 0 Å². The van der Waals surface area contributed by atoms with Crippen molar-refractivity contribution in [1.82, 2.24) is 5.32 Å². The molecule has 3 saturated carbocycles. The van der Waals surface area contributed by atoms with Crippen LogP contribution in [0.4, 0.5) is 0 Å². The number of hydrogen-bond donors (Lipinski definition) is 1. The van der Waals surface area contributed by atoms with Gasteiger partial charge in [-0.15, -0.1) is 0 Å². The van der Waals surface area contributed by atoms with E-state index in [2.05, 4.69) is 5.32 Å². The van der Waals surface area contributed by atoms with Gasteiger partial charge in [0.25, 0.3) is 0 Å². The molecule has 2 bridgehead atoms. The second-order valence-electron chi connectivity index (χ2n) is 4.52. The average Bonchev–Trinajstić information content (AvgIpc) is 2.21. The van der Waals surface area contributed by atoms with E-state index in [0.29, 0.717) is 0 Å². The summed E-state index contributed by atoms with van der Waals surface area (Å²) in [5.74, 6) is 0. The molecule has 0 heterocycles. The zero-order valence-electron chi connectivity index (χ0n) is 7.71. The predicted octanol–water partition coefficient (Wildman–Crippen LogP) is 1.02. The molecule has 1 N–H and O–H groups in total. The minimum Gasteiger partial charge on any atom is -0.353 e. The summed E-state index contributed by atoms with van der Waals surface area (Å²) in [5, 5.41) is 2.93. The SMILES string of the molecule is O=CNC12CCC(C=O)(CC1)CC2. The van der Waals surface area contributed by atoms with Gasteiger partial charge >= 0.3 is 0 Å². The van der Waals surface area contributed by atoms with Crippen LogP contribution < -0.4 is 5.32 Å². The third kappa shape index (κ3) is 1.26. The highest BCUT2D eigenvalue weighted by Crippen LogP contribution is 2.50. The Balaban J connectivity index is 2.10. The summed E-state index contributed by atoms with van der Waals surface area (Å²) in [6, 6.07) is 0. The molecule has 13 heavy (non-hydrogen) atoms. The number of carbonyl (C=O) groups excluding carboxylic acids is 2. The van der Waals surface area contributed by atoms with E-state index in [1.165, 1.54) is 0 Å². The molecule has 0 aliphatic heterocycles. The van der Waals surface area contributed by atoms with Crippen LogP contribution >= 0.6 is 0 Å². The van der Waals surface area contributed by atoms with Gasteiger partial charge in [-0.3, -0.25) is 4.79 Å². The third-order valence-electron chi connectivity index (χ3n) is 3.92. The van der Waals surface area contributed by atoms with Crippen molar-refractivity contribution in [2.24, 2.45) is 5.41 Å². The van der Waals surface area contributed by atoms with Crippen LogP contribution in [-0.4, -0.2) is 18.2 Å². The molecule has 3 aliphatic carbocycles. The molecular formula is C10H15NO2. The molecule has 0 aromatic carbocycles. The summed E-state index contributed by atoms with van der Waals surface area (Å²) in [7, 11) is 0. The molecule has 0 saturated heterocycles. The standard InChI is InChI=1S/C10H15NO2/c12-7-9-1-4-10(5-2-9,6-3-9)11-8-13/h7-8H,1-6H2,(H,11,13). The maximum atomic E-state index is 10.9. The summed E-state index contributed by atoms with van der Waals surface area (Å²) < 4.78 is 0.